The molecule has 1 atom stereocenters. The smallest absolute Gasteiger partial charge is 0.272 e. The Labute approximate surface area is 133 Å². The maximum Gasteiger partial charge on any atom is 0.272 e. The monoisotopic (exact) mass is 304 g/mol. The molecule has 1 aliphatic heterocycles. The Bertz CT molecular complexity index is 517. The Morgan fingerprint density at radius 2 is 2.23 bits per heavy atom. The molecule has 122 valence electrons. The number of aryl methyl sites for hydroxylation is 1. The van der Waals surface area contributed by atoms with Crippen LogP contribution < -0.4 is 4.90 Å². The summed E-state index contributed by atoms with van der Waals surface area (Å²) < 4.78 is 0. The average Bonchev–Trinajstić information content (AvgIpc) is 2.51. The van der Waals surface area contributed by atoms with Crippen molar-refractivity contribution in [1.82, 2.24) is 14.9 Å². The van der Waals surface area contributed by atoms with Crippen molar-refractivity contribution >= 4 is 11.7 Å². The second kappa shape index (κ2) is 7.56. The number of hydrogen-bond acceptors (Lipinski definition) is 4. The van der Waals surface area contributed by atoms with Gasteiger partial charge in [0.05, 0.1) is 0 Å². The van der Waals surface area contributed by atoms with E-state index in [0.717, 1.165) is 44.7 Å². The molecule has 0 aliphatic carbocycles. The largest absolute Gasteiger partial charge is 0.360 e. The van der Waals surface area contributed by atoms with E-state index in [2.05, 4.69) is 28.7 Å². The highest BCUT2D eigenvalue weighted by molar-refractivity contribution is 5.93. The summed E-state index contributed by atoms with van der Waals surface area (Å²) in [7, 11) is 2.02. The molecule has 0 N–H and O–H groups in total. The number of hydrogen-bond donors (Lipinski definition) is 0. The third-order valence-electron chi connectivity index (χ3n) is 4.23. The second-order valence-electron chi connectivity index (χ2n) is 6.43. The van der Waals surface area contributed by atoms with E-state index in [1.54, 1.807) is 0 Å². The summed E-state index contributed by atoms with van der Waals surface area (Å²) in [5, 5.41) is 0. The fourth-order valence-electron chi connectivity index (χ4n) is 2.90. The van der Waals surface area contributed by atoms with Gasteiger partial charge in [-0.15, -0.1) is 0 Å². The van der Waals surface area contributed by atoms with Crippen molar-refractivity contribution in [3.05, 3.63) is 17.6 Å². The quantitative estimate of drug-likeness (QED) is 0.839. The molecule has 1 aromatic heterocycles. The number of nitrogens with zero attached hydrogens (tertiary/aromatic N) is 4. The zero-order valence-corrected chi connectivity index (χ0v) is 14.3. The molecular formula is C17H28N4O. The second-order valence-corrected chi connectivity index (χ2v) is 6.43. The topological polar surface area (TPSA) is 49.3 Å². The molecule has 0 radical (unpaired) electrons. The van der Waals surface area contributed by atoms with Crippen molar-refractivity contribution in [3.63, 3.8) is 0 Å². The van der Waals surface area contributed by atoms with Crippen LogP contribution in [0.2, 0.25) is 0 Å². The van der Waals surface area contributed by atoms with Gasteiger partial charge in [0.15, 0.2) is 0 Å². The van der Waals surface area contributed by atoms with Crippen LogP contribution in [0.25, 0.3) is 0 Å². The van der Waals surface area contributed by atoms with E-state index in [1.807, 2.05) is 24.9 Å². The third kappa shape index (κ3) is 4.18. The molecule has 1 fully saturated rings. The first-order chi connectivity index (χ1) is 10.5. The minimum Gasteiger partial charge on any atom is -0.360 e. The van der Waals surface area contributed by atoms with Gasteiger partial charge in [0.1, 0.15) is 17.3 Å². The average molecular weight is 304 g/mol. The van der Waals surface area contributed by atoms with Crippen LogP contribution >= 0.6 is 0 Å². The maximum atomic E-state index is 12.7. The molecule has 22 heavy (non-hydrogen) atoms. The van der Waals surface area contributed by atoms with Gasteiger partial charge in [-0.25, -0.2) is 9.97 Å². The van der Waals surface area contributed by atoms with Crippen molar-refractivity contribution in [1.29, 1.82) is 0 Å². The van der Waals surface area contributed by atoms with E-state index < -0.39 is 0 Å². The van der Waals surface area contributed by atoms with E-state index in [-0.39, 0.29) is 5.91 Å². The van der Waals surface area contributed by atoms with Crippen molar-refractivity contribution in [3.8, 4) is 0 Å². The first-order valence-electron chi connectivity index (χ1n) is 8.37. The number of likely N-dealkylation sites (tertiary alicyclic amines) is 1. The van der Waals surface area contributed by atoms with Crippen LogP contribution in [0, 0.1) is 12.8 Å². The van der Waals surface area contributed by atoms with Crippen LogP contribution in [0.15, 0.2) is 6.07 Å². The minimum atomic E-state index is 0.0437. The lowest BCUT2D eigenvalue weighted by Crippen LogP contribution is -2.39. The molecule has 5 heteroatoms. The van der Waals surface area contributed by atoms with E-state index in [4.69, 9.17) is 0 Å². The highest BCUT2D eigenvalue weighted by Gasteiger charge is 2.23. The van der Waals surface area contributed by atoms with Gasteiger partial charge in [-0.2, -0.15) is 0 Å². The fraction of sp³-hybridized carbons (Fsp3) is 0.706. The van der Waals surface area contributed by atoms with E-state index in [1.165, 1.54) is 6.42 Å². The van der Waals surface area contributed by atoms with Crippen molar-refractivity contribution < 1.29 is 4.79 Å². The summed E-state index contributed by atoms with van der Waals surface area (Å²) in [6, 6.07) is 1.84. The van der Waals surface area contributed by atoms with Gasteiger partial charge < -0.3 is 9.80 Å². The van der Waals surface area contributed by atoms with Gasteiger partial charge in [-0.1, -0.05) is 20.3 Å². The summed E-state index contributed by atoms with van der Waals surface area (Å²) in [4.78, 5) is 25.6. The van der Waals surface area contributed by atoms with E-state index in [9.17, 15) is 4.79 Å². The highest BCUT2D eigenvalue weighted by atomic mass is 16.2. The molecule has 1 aromatic rings. The number of aromatic nitrogens is 2. The lowest BCUT2D eigenvalue weighted by atomic mass is 10.00. The molecule has 1 unspecified atom stereocenters. The van der Waals surface area contributed by atoms with Gasteiger partial charge in [0, 0.05) is 32.7 Å². The van der Waals surface area contributed by atoms with Crippen LogP contribution in [0.4, 0.5) is 5.82 Å². The summed E-state index contributed by atoms with van der Waals surface area (Å²) in [6.45, 7) is 8.85. The first-order valence-corrected chi connectivity index (χ1v) is 8.37. The Kier molecular flexibility index (Phi) is 5.75. The Hall–Kier alpha value is -1.65. The van der Waals surface area contributed by atoms with Crippen LogP contribution in [-0.2, 0) is 0 Å². The predicted molar refractivity (Wildman–Crippen MR) is 89.2 cm³/mol. The fourth-order valence-corrected chi connectivity index (χ4v) is 2.90. The Balaban J connectivity index is 2.16. The number of carbonyl (C=O) groups excluding carboxylic acids is 1. The van der Waals surface area contributed by atoms with Gasteiger partial charge in [0.25, 0.3) is 5.91 Å². The summed E-state index contributed by atoms with van der Waals surface area (Å²) in [5.41, 5.74) is 0.528. The normalized spacial score (nSPS) is 18.4. The molecule has 5 nitrogen and oxygen atoms in total. The number of unbranched alkanes of at least 4 members (excludes halogenated alkanes) is 1. The van der Waals surface area contributed by atoms with Crippen LogP contribution in [0.1, 0.15) is 55.8 Å². The van der Waals surface area contributed by atoms with Gasteiger partial charge in [-0.05, 0) is 32.1 Å². The zero-order chi connectivity index (χ0) is 16.1. The lowest BCUT2D eigenvalue weighted by molar-refractivity contribution is 0.0676. The molecule has 0 aromatic carbocycles. The first kappa shape index (κ1) is 16.7. The molecule has 1 aliphatic rings. The molecule has 2 rings (SSSR count). The third-order valence-corrected chi connectivity index (χ3v) is 4.23. The summed E-state index contributed by atoms with van der Waals surface area (Å²) >= 11 is 0. The standard InChI is InChI=1S/C17H28N4O/c1-5-6-9-20(4)16-11-15(18-14(3)19-16)17(22)21-10-7-8-13(2)12-21/h11,13H,5-10,12H2,1-4H3. The van der Waals surface area contributed by atoms with Crippen molar-refractivity contribution in [2.75, 3.05) is 31.6 Å². The summed E-state index contributed by atoms with van der Waals surface area (Å²) in [6.07, 6.45) is 4.55. The van der Waals surface area contributed by atoms with E-state index in [0.29, 0.717) is 17.4 Å². The molecule has 0 spiro atoms. The molecule has 2 heterocycles. The molecule has 1 amide bonds. The van der Waals surface area contributed by atoms with Gasteiger partial charge in [-0.3, -0.25) is 4.79 Å². The van der Waals surface area contributed by atoms with E-state index >= 15 is 0 Å². The lowest BCUT2D eigenvalue weighted by Gasteiger charge is -2.31. The van der Waals surface area contributed by atoms with Gasteiger partial charge >= 0.3 is 0 Å². The molecular weight excluding hydrogens is 276 g/mol. The minimum absolute atomic E-state index is 0.0437. The Morgan fingerprint density at radius 1 is 1.45 bits per heavy atom. The number of anilines is 1. The Morgan fingerprint density at radius 3 is 2.91 bits per heavy atom. The number of piperidine rings is 1. The molecule has 0 saturated carbocycles. The number of amides is 1. The van der Waals surface area contributed by atoms with Crippen LogP contribution in [-0.4, -0.2) is 47.5 Å². The van der Waals surface area contributed by atoms with Crippen LogP contribution in [0.3, 0.4) is 0 Å². The zero-order valence-electron chi connectivity index (χ0n) is 14.3. The van der Waals surface area contributed by atoms with Crippen molar-refractivity contribution in [2.45, 2.75) is 46.5 Å². The number of carbonyl (C=O) groups is 1. The van der Waals surface area contributed by atoms with Crippen LogP contribution in [0.5, 0.6) is 0 Å². The maximum absolute atomic E-state index is 12.7. The molecule has 0 bridgehead atoms. The number of rotatable bonds is 5. The summed E-state index contributed by atoms with van der Waals surface area (Å²) in [5.74, 6) is 2.12. The molecule has 1 saturated heterocycles. The highest BCUT2D eigenvalue weighted by Crippen LogP contribution is 2.19. The SMILES string of the molecule is CCCCN(C)c1cc(C(=O)N2CCCC(C)C2)nc(C)n1. The van der Waals surface area contributed by atoms with Crippen molar-refractivity contribution in [2.24, 2.45) is 5.92 Å². The van der Waals surface area contributed by atoms with Gasteiger partial charge in [0.2, 0.25) is 0 Å². The predicted octanol–water partition coefficient (Wildman–Crippen LogP) is 2.89.